The Labute approximate surface area is 99.9 Å². The molecular formula is C14H16N2O. The first-order valence-electron chi connectivity index (χ1n) is 6.08. The van der Waals surface area contributed by atoms with Crippen molar-refractivity contribution in [1.82, 2.24) is 10.3 Å². The summed E-state index contributed by atoms with van der Waals surface area (Å²) in [7, 11) is 0. The van der Waals surface area contributed by atoms with Crippen molar-refractivity contribution in [2.75, 3.05) is 13.1 Å². The maximum Gasteiger partial charge on any atom is 0.251 e. The van der Waals surface area contributed by atoms with Gasteiger partial charge in [0, 0.05) is 23.5 Å². The molecule has 1 aliphatic rings. The van der Waals surface area contributed by atoms with Crippen LogP contribution in [0.3, 0.4) is 0 Å². The average Bonchev–Trinajstić information content (AvgIpc) is 2.81. The number of aromatic amines is 1. The third kappa shape index (κ3) is 1.87. The highest BCUT2D eigenvalue weighted by molar-refractivity contribution is 5.79. The summed E-state index contributed by atoms with van der Waals surface area (Å²) >= 11 is 0. The molecule has 3 nitrogen and oxygen atoms in total. The van der Waals surface area contributed by atoms with E-state index in [-0.39, 0.29) is 5.56 Å². The molecule has 2 heterocycles. The molecule has 2 aromatic rings. The molecule has 1 aromatic carbocycles. The first-order chi connectivity index (χ1) is 8.24. The number of hydrogen-bond acceptors (Lipinski definition) is 2. The van der Waals surface area contributed by atoms with E-state index in [1.54, 1.807) is 0 Å². The molecule has 0 bridgehead atoms. The van der Waals surface area contributed by atoms with Crippen LogP contribution in [0.5, 0.6) is 0 Å². The molecule has 3 heteroatoms. The monoisotopic (exact) mass is 228 g/mol. The third-order valence-electron chi connectivity index (χ3n) is 3.53. The molecule has 0 spiro atoms. The Balaban J connectivity index is 2.16. The Hall–Kier alpha value is -1.61. The van der Waals surface area contributed by atoms with Crippen molar-refractivity contribution in [2.24, 2.45) is 0 Å². The minimum atomic E-state index is 0.0665. The Morgan fingerprint density at radius 1 is 1.29 bits per heavy atom. The SMILES string of the molecule is Cc1ccc2cc(C3CCNC3)c(=O)[nH]c2c1. The van der Waals surface area contributed by atoms with Crippen LogP contribution in [-0.2, 0) is 0 Å². The Morgan fingerprint density at radius 2 is 2.18 bits per heavy atom. The maximum atomic E-state index is 12.0. The van der Waals surface area contributed by atoms with E-state index in [9.17, 15) is 4.79 Å². The number of H-pyrrole nitrogens is 1. The van der Waals surface area contributed by atoms with E-state index in [0.717, 1.165) is 36.0 Å². The Kier molecular flexibility index (Phi) is 2.48. The van der Waals surface area contributed by atoms with Crippen molar-refractivity contribution in [3.63, 3.8) is 0 Å². The molecule has 0 amide bonds. The average molecular weight is 228 g/mol. The fourth-order valence-electron chi connectivity index (χ4n) is 2.56. The summed E-state index contributed by atoms with van der Waals surface area (Å²) in [6.07, 6.45) is 1.06. The van der Waals surface area contributed by atoms with Gasteiger partial charge >= 0.3 is 0 Å². The summed E-state index contributed by atoms with van der Waals surface area (Å²) in [5, 5.41) is 4.42. The fourth-order valence-corrected chi connectivity index (χ4v) is 2.56. The molecular weight excluding hydrogens is 212 g/mol. The van der Waals surface area contributed by atoms with Gasteiger partial charge in [0.05, 0.1) is 0 Å². The van der Waals surface area contributed by atoms with Crippen LogP contribution in [0.15, 0.2) is 29.1 Å². The van der Waals surface area contributed by atoms with Crippen LogP contribution in [0.2, 0.25) is 0 Å². The molecule has 17 heavy (non-hydrogen) atoms. The van der Waals surface area contributed by atoms with Gasteiger partial charge in [0.2, 0.25) is 0 Å². The summed E-state index contributed by atoms with van der Waals surface area (Å²) in [6.45, 7) is 3.96. The number of benzene rings is 1. The van der Waals surface area contributed by atoms with Crippen LogP contribution in [0.25, 0.3) is 10.9 Å². The second kappa shape index (κ2) is 4.00. The number of nitrogens with one attached hydrogen (secondary N) is 2. The van der Waals surface area contributed by atoms with E-state index in [1.807, 2.05) is 19.1 Å². The summed E-state index contributed by atoms with van der Waals surface area (Å²) in [5.74, 6) is 0.365. The normalized spacial score (nSPS) is 19.9. The number of rotatable bonds is 1. The molecule has 1 atom stereocenters. The van der Waals surface area contributed by atoms with Crippen molar-refractivity contribution in [2.45, 2.75) is 19.3 Å². The number of fused-ring (bicyclic) bond motifs is 1. The quantitative estimate of drug-likeness (QED) is 0.783. The molecule has 1 aromatic heterocycles. The van der Waals surface area contributed by atoms with Crippen molar-refractivity contribution < 1.29 is 0 Å². The van der Waals surface area contributed by atoms with Crippen molar-refractivity contribution in [3.8, 4) is 0 Å². The minimum Gasteiger partial charge on any atom is -0.322 e. The van der Waals surface area contributed by atoms with Gasteiger partial charge in [0.15, 0.2) is 0 Å². The summed E-state index contributed by atoms with van der Waals surface area (Å²) in [4.78, 5) is 15.0. The highest BCUT2D eigenvalue weighted by Gasteiger charge is 2.19. The van der Waals surface area contributed by atoms with E-state index in [2.05, 4.69) is 22.4 Å². The van der Waals surface area contributed by atoms with E-state index in [0.29, 0.717) is 5.92 Å². The zero-order valence-electron chi connectivity index (χ0n) is 9.92. The first kappa shape index (κ1) is 10.5. The molecule has 3 rings (SSSR count). The van der Waals surface area contributed by atoms with E-state index in [1.165, 1.54) is 5.56 Å². The third-order valence-corrected chi connectivity index (χ3v) is 3.53. The molecule has 1 aliphatic heterocycles. The zero-order valence-corrected chi connectivity index (χ0v) is 9.92. The second-order valence-corrected chi connectivity index (χ2v) is 4.83. The van der Waals surface area contributed by atoms with Gasteiger partial charge in [-0.15, -0.1) is 0 Å². The van der Waals surface area contributed by atoms with E-state index >= 15 is 0 Å². The molecule has 0 saturated carbocycles. The standard InChI is InChI=1S/C14H16N2O/c1-9-2-3-10-7-12(11-4-5-15-8-11)14(17)16-13(10)6-9/h2-3,6-7,11,15H,4-5,8H2,1H3,(H,16,17). The highest BCUT2D eigenvalue weighted by atomic mass is 16.1. The predicted octanol–water partition coefficient (Wildman–Crippen LogP) is 1.91. The van der Waals surface area contributed by atoms with Gasteiger partial charge in [-0.05, 0) is 43.0 Å². The van der Waals surface area contributed by atoms with Crippen LogP contribution in [0, 0.1) is 6.92 Å². The van der Waals surface area contributed by atoms with Crippen LogP contribution in [-0.4, -0.2) is 18.1 Å². The lowest BCUT2D eigenvalue weighted by atomic mass is 9.98. The van der Waals surface area contributed by atoms with Gasteiger partial charge in [-0.1, -0.05) is 12.1 Å². The van der Waals surface area contributed by atoms with Gasteiger partial charge in [-0.2, -0.15) is 0 Å². The second-order valence-electron chi connectivity index (χ2n) is 4.83. The van der Waals surface area contributed by atoms with Gasteiger partial charge in [0.1, 0.15) is 0 Å². The van der Waals surface area contributed by atoms with E-state index in [4.69, 9.17) is 0 Å². The van der Waals surface area contributed by atoms with Gasteiger partial charge in [-0.3, -0.25) is 4.79 Å². The Bertz CT molecular complexity index is 609. The van der Waals surface area contributed by atoms with Crippen LogP contribution in [0.1, 0.15) is 23.5 Å². The van der Waals surface area contributed by atoms with Gasteiger partial charge in [-0.25, -0.2) is 0 Å². The highest BCUT2D eigenvalue weighted by Crippen LogP contribution is 2.22. The zero-order chi connectivity index (χ0) is 11.8. The summed E-state index contributed by atoms with van der Waals surface area (Å²) in [5.41, 5.74) is 3.09. The van der Waals surface area contributed by atoms with Crippen molar-refractivity contribution >= 4 is 10.9 Å². The maximum absolute atomic E-state index is 12.0. The number of pyridine rings is 1. The molecule has 2 N–H and O–H groups in total. The largest absolute Gasteiger partial charge is 0.322 e. The molecule has 0 radical (unpaired) electrons. The molecule has 88 valence electrons. The summed E-state index contributed by atoms with van der Waals surface area (Å²) in [6, 6.07) is 8.22. The first-order valence-corrected chi connectivity index (χ1v) is 6.08. The number of aromatic nitrogens is 1. The van der Waals surface area contributed by atoms with Crippen LogP contribution >= 0.6 is 0 Å². The lowest BCUT2D eigenvalue weighted by Crippen LogP contribution is -2.18. The van der Waals surface area contributed by atoms with Gasteiger partial charge < -0.3 is 10.3 Å². The number of aryl methyl sites for hydroxylation is 1. The molecule has 1 unspecified atom stereocenters. The summed E-state index contributed by atoms with van der Waals surface area (Å²) < 4.78 is 0. The lowest BCUT2D eigenvalue weighted by Gasteiger charge is -2.09. The van der Waals surface area contributed by atoms with Crippen LogP contribution in [0.4, 0.5) is 0 Å². The minimum absolute atomic E-state index is 0.0665. The van der Waals surface area contributed by atoms with E-state index < -0.39 is 0 Å². The van der Waals surface area contributed by atoms with Crippen molar-refractivity contribution in [3.05, 3.63) is 45.7 Å². The fraction of sp³-hybridized carbons (Fsp3) is 0.357. The number of hydrogen-bond donors (Lipinski definition) is 2. The molecule has 0 aliphatic carbocycles. The van der Waals surface area contributed by atoms with Crippen LogP contribution < -0.4 is 10.9 Å². The molecule has 1 fully saturated rings. The van der Waals surface area contributed by atoms with Crippen molar-refractivity contribution in [1.29, 1.82) is 0 Å². The smallest absolute Gasteiger partial charge is 0.251 e. The lowest BCUT2D eigenvalue weighted by molar-refractivity contribution is 0.753. The molecule has 1 saturated heterocycles. The topological polar surface area (TPSA) is 44.9 Å². The Morgan fingerprint density at radius 3 is 2.94 bits per heavy atom. The predicted molar refractivity (Wildman–Crippen MR) is 69.5 cm³/mol. The van der Waals surface area contributed by atoms with Gasteiger partial charge in [0.25, 0.3) is 5.56 Å².